The van der Waals surface area contributed by atoms with Crippen molar-refractivity contribution < 1.29 is 9.21 Å². The maximum Gasteiger partial charge on any atom is 0.337 e. The van der Waals surface area contributed by atoms with Gasteiger partial charge in [-0.05, 0) is 48.8 Å². The van der Waals surface area contributed by atoms with Crippen LogP contribution in [-0.2, 0) is 11.2 Å². The van der Waals surface area contributed by atoms with Gasteiger partial charge in [-0.2, -0.15) is 0 Å². The number of unbranched alkanes of at least 4 members (excludes halogenated alkanes) is 2. The minimum Gasteiger partial charge on any atom is -0.423 e. The first-order valence-electron chi connectivity index (χ1n) is 8.13. The van der Waals surface area contributed by atoms with Crippen LogP contribution < -0.4 is 5.63 Å². The van der Waals surface area contributed by atoms with Crippen LogP contribution in [0.5, 0.6) is 0 Å². The Morgan fingerprint density at radius 3 is 2.75 bits per heavy atom. The molecule has 0 radical (unpaired) electrons. The van der Waals surface area contributed by atoms with Crippen molar-refractivity contribution in [1.82, 2.24) is 0 Å². The fourth-order valence-electron chi connectivity index (χ4n) is 2.31. The van der Waals surface area contributed by atoms with E-state index in [0.29, 0.717) is 5.58 Å². The molecule has 0 bridgehead atoms. The molecule has 2 aromatic rings. The summed E-state index contributed by atoms with van der Waals surface area (Å²) in [5.74, 6) is 1.79. The van der Waals surface area contributed by atoms with Crippen LogP contribution in [0.4, 0.5) is 0 Å². The van der Waals surface area contributed by atoms with Gasteiger partial charge in [-0.25, -0.2) is 4.79 Å². The molecule has 1 aromatic heterocycles. The maximum absolute atomic E-state index is 11.7. The van der Waals surface area contributed by atoms with Gasteiger partial charge in [0.2, 0.25) is 5.12 Å². The third-order valence-electron chi connectivity index (χ3n) is 3.64. The third-order valence-corrected chi connectivity index (χ3v) is 5.72. The molecule has 1 aromatic carbocycles. The normalized spacial score (nSPS) is 10.9. The van der Waals surface area contributed by atoms with Gasteiger partial charge in [-0.3, -0.25) is 4.79 Å². The summed E-state index contributed by atoms with van der Waals surface area (Å²) < 4.78 is 5.33. The number of carbonyl (C=O) groups is 1. The number of aryl methyl sites for hydroxylation is 1. The lowest BCUT2D eigenvalue weighted by Gasteiger charge is -2.06. The zero-order chi connectivity index (χ0) is 17.4. The molecular formula is C19H22O3S2. The smallest absolute Gasteiger partial charge is 0.337 e. The molecule has 5 heteroatoms. The van der Waals surface area contributed by atoms with Crippen LogP contribution in [-0.4, -0.2) is 16.6 Å². The summed E-state index contributed by atoms with van der Waals surface area (Å²) in [6.45, 7) is 5.54. The highest BCUT2D eigenvalue weighted by Crippen LogP contribution is 2.28. The van der Waals surface area contributed by atoms with E-state index in [4.69, 9.17) is 4.42 Å². The molecule has 128 valence electrons. The molecule has 0 amide bonds. The largest absolute Gasteiger partial charge is 0.423 e. The van der Waals surface area contributed by atoms with E-state index >= 15 is 0 Å². The van der Waals surface area contributed by atoms with Crippen molar-refractivity contribution in [2.45, 2.75) is 37.5 Å². The molecule has 0 aliphatic heterocycles. The predicted molar refractivity (Wildman–Crippen MR) is 104 cm³/mol. The van der Waals surface area contributed by atoms with Crippen LogP contribution >= 0.6 is 23.5 Å². The molecule has 0 N–H and O–H groups in total. The molecule has 0 saturated heterocycles. The van der Waals surface area contributed by atoms with E-state index in [1.807, 2.05) is 12.1 Å². The monoisotopic (exact) mass is 362 g/mol. The molecule has 0 aliphatic carbocycles. The quantitative estimate of drug-likeness (QED) is 0.270. The van der Waals surface area contributed by atoms with Crippen LogP contribution in [0.15, 0.2) is 51.0 Å². The first-order valence-corrected chi connectivity index (χ1v) is 10.1. The first kappa shape index (κ1) is 18.9. The van der Waals surface area contributed by atoms with Gasteiger partial charge < -0.3 is 4.42 Å². The first-order chi connectivity index (χ1) is 11.6. The fourth-order valence-corrected chi connectivity index (χ4v) is 4.05. The summed E-state index contributed by atoms with van der Waals surface area (Å²) >= 11 is 3.02. The summed E-state index contributed by atoms with van der Waals surface area (Å²) in [5, 5.41) is 1.04. The Morgan fingerprint density at radius 1 is 1.21 bits per heavy atom. The third kappa shape index (κ3) is 5.56. The van der Waals surface area contributed by atoms with Crippen LogP contribution in [0, 0.1) is 0 Å². The standard InChI is InChI=1S/C19H22O3S2/c1-3-14-8-9-15-16(12-14)22-18(20)13-17(15)23-10-6-5-7-11-24-19(21)4-2/h4,8-9,12-13H,2-3,5-7,10-11H2,1H3. The average molecular weight is 363 g/mol. The summed E-state index contributed by atoms with van der Waals surface area (Å²) in [4.78, 5) is 23.8. The molecule has 3 nitrogen and oxygen atoms in total. The van der Waals surface area contributed by atoms with Crippen molar-refractivity contribution in [3.63, 3.8) is 0 Å². The van der Waals surface area contributed by atoms with Crippen molar-refractivity contribution >= 4 is 39.6 Å². The second-order valence-corrected chi connectivity index (χ2v) is 7.63. The minimum absolute atomic E-state index is 0.0401. The molecule has 0 unspecified atom stereocenters. The number of hydrogen-bond donors (Lipinski definition) is 0. The maximum atomic E-state index is 11.7. The lowest BCUT2D eigenvalue weighted by atomic mass is 10.1. The van der Waals surface area contributed by atoms with E-state index < -0.39 is 0 Å². The lowest BCUT2D eigenvalue weighted by Crippen LogP contribution is -1.98. The van der Waals surface area contributed by atoms with Gasteiger partial charge in [0, 0.05) is 22.1 Å². The lowest BCUT2D eigenvalue weighted by molar-refractivity contribution is -0.107. The molecule has 0 saturated carbocycles. The molecule has 1 heterocycles. The number of rotatable bonds is 9. The molecule has 0 atom stereocenters. The van der Waals surface area contributed by atoms with Gasteiger partial charge in [-0.15, -0.1) is 11.8 Å². The predicted octanol–water partition coefficient (Wildman–Crippen LogP) is 5.06. The van der Waals surface area contributed by atoms with Crippen LogP contribution in [0.2, 0.25) is 0 Å². The van der Waals surface area contributed by atoms with Crippen LogP contribution in [0.3, 0.4) is 0 Å². The van der Waals surface area contributed by atoms with Gasteiger partial charge in [0.05, 0.1) is 0 Å². The van der Waals surface area contributed by atoms with Gasteiger partial charge in [0.25, 0.3) is 0 Å². The summed E-state index contributed by atoms with van der Waals surface area (Å²) in [6.07, 6.45) is 5.42. The average Bonchev–Trinajstić information content (AvgIpc) is 2.59. The SMILES string of the molecule is C=CC(=O)SCCCCCSc1cc(=O)oc2cc(CC)ccc12. The van der Waals surface area contributed by atoms with Gasteiger partial charge in [0.15, 0.2) is 0 Å². The van der Waals surface area contributed by atoms with Crippen molar-refractivity contribution in [2.24, 2.45) is 0 Å². The summed E-state index contributed by atoms with van der Waals surface area (Å²) in [6, 6.07) is 7.66. The van der Waals surface area contributed by atoms with Crippen LogP contribution in [0.25, 0.3) is 11.0 Å². The van der Waals surface area contributed by atoms with E-state index in [1.54, 1.807) is 17.8 Å². The molecule has 0 fully saturated rings. The Balaban J connectivity index is 1.87. The molecule has 24 heavy (non-hydrogen) atoms. The van der Waals surface area contributed by atoms with E-state index in [-0.39, 0.29) is 10.7 Å². The zero-order valence-corrected chi connectivity index (χ0v) is 15.5. The number of thioether (sulfide) groups is 2. The second kappa shape index (κ2) is 9.74. The van der Waals surface area contributed by atoms with Gasteiger partial charge >= 0.3 is 5.63 Å². The number of carbonyl (C=O) groups excluding carboxylic acids is 1. The topological polar surface area (TPSA) is 47.3 Å². The molecule has 0 aliphatic rings. The Morgan fingerprint density at radius 2 is 2.00 bits per heavy atom. The number of fused-ring (bicyclic) bond motifs is 1. The number of hydrogen-bond acceptors (Lipinski definition) is 5. The van der Waals surface area contributed by atoms with Gasteiger partial charge in [-0.1, -0.05) is 37.8 Å². The van der Waals surface area contributed by atoms with Crippen molar-refractivity contribution in [1.29, 1.82) is 0 Å². The second-order valence-electron chi connectivity index (χ2n) is 5.39. The fraction of sp³-hybridized carbons (Fsp3) is 0.368. The summed E-state index contributed by atoms with van der Waals surface area (Å²) in [7, 11) is 0. The Kier molecular flexibility index (Phi) is 7.66. The zero-order valence-electron chi connectivity index (χ0n) is 13.9. The minimum atomic E-state index is -0.294. The van der Waals surface area contributed by atoms with E-state index in [2.05, 4.69) is 19.6 Å². The van der Waals surface area contributed by atoms with Crippen molar-refractivity contribution in [3.8, 4) is 0 Å². The Bertz CT molecular complexity index is 765. The molecular weight excluding hydrogens is 340 g/mol. The van der Waals surface area contributed by atoms with Crippen molar-refractivity contribution in [3.05, 3.63) is 52.9 Å². The van der Waals surface area contributed by atoms with Gasteiger partial charge in [0.1, 0.15) is 5.58 Å². The molecule has 0 spiro atoms. The summed E-state index contributed by atoms with van der Waals surface area (Å²) in [5.41, 5.74) is 1.54. The highest BCUT2D eigenvalue weighted by Gasteiger charge is 2.07. The van der Waals surface area contributed by atoms with E-state index in [9.17, 15) is 9.59 Å². The highest BCUT2D eigenvalue weighted by atomic mass is 32.2. The van der Waals surface area contributed by atoms with Crippen LogP contribution in [0.1, 0.15) is 31.7 Å². The highest BCUT2D eigenvalue weighted by molar-refractivity contribution is 8.14. The Hall–Kier alpha value is -1.46. The van der Waals surface area contributed by atoms with Crippen molar-refractivity contribution in [2.75, 3.05) is 11.5 Å². The molecule has 2 rings (SSSR count). The van der Waals surface area contributed by atoms with E-state index in [1.165, 1.54) is 23.4 Å². The Labute approximate surface area is 150 Å². The number of benzene rings is 1. The van der Waals surface area contributed by atoms with E-state index in [0.717, 1.165) is 47.5 Å².